The Bertz CT molecular complexity index is 597. The van der Waals surface area contributed by atoms with E-state index in [-0.39, 0.29) is 24.4 Å². The van der Waals surface area contributed by atoms with Crippen molar-refractivity contribution < 1.29 is 19.1 Å². The molecule has 6 heteroatoms. The molecular formula is C19H28N2O4. The summed E-state index contributed by atoms with van der Waals surface area (Å²) >= 11 is 0. The van der Waals surface area contributed by atoms with Crippen molar-refractivity contribution in [1.82, 2.24) is 10.6 Å². The molecule has 1 aromatic carbocycles. The number of ether oxygens (including phenoxy) is 2. The second-order valence-corrected chi connectivity index (χ2v) is 5.89. The molecule has 2 N–H and O–H groups in total. The number of amides is 2. The van der Waals surface area contributed by atoms with E-state index >= 15 is 0 Å². The third-order valence-corrected chi connectivity index (χ3v) is 3.24. The summed E-state index contributed by atoms with van der Waals surface area (Å²) in [5, 5.41) is 5.24. The third kappa shape index (κ3) is 8.24. The van der Waals surface area contributed by atoms with E-state index in [1.54, 1.807) is 19.3 Å². The van der Waals surface area contributed by atoms with E-state index < -0.39 is 0 Å². The number of methoxy groups -OCH3 is 1. The van der Waals surface area contributed by atoms with E-state index in [0.717, 1.165) is 18.4 Å². The predicted molar refractivity (Wildman–Crippen MR) is 98.7 cm³/mol. The van der Waals surface area contributed by atoms with E-state index in [1.807, 2.05) is 26.0 Å². The van der Waals surface area contributed by atoms with Crippen molar-refractivity contribution in [3.63, 3.8) is 0 Å². The average Bonchev–Trinajstić information content (AvgIpc) is 2.58. The van der Waals surface area contributed by atoms with Crippen LogP contribution < -0.4 is 20.1 Å². The fourth-order valence-corrected chi connectivity index (χ4v) is 2.00. The maximum Gasteiger partial charge on any atom is 0.244 e. The Labute approximate surface area is 149 Å². The van der Waals surface area contributed by atoms with Crippen molar-refractivity contribution in [3.8, 4) is 11.5 Å². The topological polar surface area (TPSA) is 76.7 Å². The van der Waals surface area contributed by atoms with Gasteiger partial charge in [0.25, 0.3) is 0 Å². The quantitative estimate of drug-likeness (QED) is 0.503. The molecule has 0 saturated carbocycles. The number of nitrogens with one attached hydrogen (secondary N) is 2. The van der Waals surface area contributed by atoms with Crippen LogP contribution in [0.15, 0.2) is 24.3 Å². The second kappa shape index (κ2) is 11.1. The Hall–Kier alpha value is -2.50. The Morgan fingerprint density at radius 3 is 2.64 bits per heavy atom. The summed E-state index contributed by atoms with van der Waals surface area (Å²) in [6.07, 6.45) is 5.09. The van der Waals surface area contributed by atoms with E-state index in [1.165, 1.54) is 6.08 Å². The number of benzene rings is 1. The van der Waals surface area contributed by atoms with Crippen molar-refractivity contribution in [2.24, 2.45) is 0 Å². The first-order valence-electron chi connectivity index (χ1n) is 8.52. The lowest BCUT2D eigenvalue weighted by Crippen LogP contribution is -2.39. The lowest BCUT2D eigenvalue weighted by Gasteiger charge is -2.11. The molecule has 0 radical (unpaired) electrons. The lowest BCUT2D eigenvalue weighted by atomic mass is 10.2. The van der Waals surface area contributed by atoms with Crippen LogP contribution in [0.3, 0.4) is 0 Å². The van der Waals surface area contributed by atoms with Gasteiger partial charge in [0.1, 0.15) is 0 Å². The van der Waals surface area contributed by atoms with Gasteiger partial charge in [0.2, 0.25) is 11.8 Å². The maximum atomic E-state index is 11.8. The molecule has 0 atom stereocenters. The van der Waals surface area contributed by atoms with Crippen LogP contribution in [0.25, 0.3) is 6.08 Å². The Balaban J connectivity index is 2.58. The van der Waals surface area contributed by atoms with Gasteiger partial charge < -0.3 is 20.1 Å². The normalized spacial score (nSPS) is 10.8. The highest BCUT2D eigenvalue weighted by Gasteiger charge is 2.06. The van der Waals surface area contributed by atoms with Gasteiger partial charge in [-0.15, -0.1) is 0 Å². The van der Waals surface area contributed by atoms with Gasteiger partial charge >= 0.3 is 0 Å². The maximum absolute atomic E-state index is 11.8. The summed E-state index contributed by atoms with van der Waals surface area (Å²) < 4.78 is 11.0. The Kier molecular flexibility index (Phi) is 9.14. The molecule has 0 unspecified atom stereocenters. The monoisotopic (exact) mass is 348 g/mol. The van der Waals surface area contributed by atoms with Crippen LogP contribution in [0.4, 0.5) is 0 Å². The number of hydrogen-bond donors (Lipinski definition) is 2. The number of rotatable bonds is 10. The van der Waals surface area contributed by atoms with Gasteiger partial charge in [0.15, 0.2) is 11.5 Å². The summed E-state index contributed by atoms with van der Waals surface area (Å²) in [6, 6.07) is 5.52. The van der Waals surface area contributed by atoms with Gasteiger partial charge in [-0.2, -0.15) is 0 Å². The fraction of sp³-hybridized carbons (Fsp3) is 0.474. The minimum atomic E-state index is -0.332. The summed E-state index contributed by atoms with van der Waals surface area (Å²) in [7, 11) is 1.58. The first kappa shape index (κ1) is 20.5. The van der Waals surface area contributed by atoms with Gasteiger partial charge in [0, 0.05) is 12.1 Å². The number of carbonyl (C=O) groups excluding carboxylic acids is 2. The predicted octanol–water partition coefficient (Wildman–Crippen LogP) is 2.53. The molecule has 0 saturated heterocycles. The first-order valence-corrected chi connectivity index (χ1v) is 8.52. The van der Waals surface area contributed by atoms with E-state index in [4.69, 9.17) is 9.47 Å². The zero-order valence-corrected chi connectivity index (χ0v) is 15.4. The second-order valence-electron chi connectivity index (χ2n) is 5.89. The molecule has 2 amide bonds. The van der Waals surface area contributed by atoms with Crippen LogP contribution >= 0.6 is 0 Å². The van der Waals surface area contributed by atoms with Crippen molar-refractivity contribution in [2.45, 2.75) is 39.7 Å². The molecule has 0 spiro atoms. The minimum absolute atomic E-state index is 0.0467. The molecule has 0 aliphatic rings. The molecule has 0 bridgehead atoms. The fourth-order valence-electron chi connectivity index (χ4n) is 2.00. The van der Waals surface area contributed by atoms with E-state index in [9.17, 15) is 9.59 Å². The van der Waals surface area contributed by atoms with Crippen molar-refractivity contribution in [2.75, 3.05) is 20.3 Å². The summed E-state index contributed by atoms with van der Waals surface area (Å²) in [6.45, 7) is 6.43. The molecule has 1 aromatic rings. The number of hydrogen-bond acceptors (Lipinski definition) is 4. The van der Waals surface area contributed by atoms with Gasteiger partial charge in [-0.25, -0.2) is 0 Å². The lowest BCUT2D eigenvalue weighted by molar-refractivity contribution is -0.124. The summed E-state index contributed by atoms with van der Waals surface area (Å²) in [5.41, 5.74) is 0.807. The van der Waals surface area contributed by atoms with Crippen LogP contribution in [0.1, 0.15) is 39.2 Å². The molecule has 0 fully saturated rings. The Morgan fingerprint density at radius 2 is 2.00 bits per heavy atom. The number of unbranched alkanes of at least 4 members (excludes halogenated alkanes) is 1. The Morgan fingerprint density at radius 1 is 1.24 bits per heavy atom. The highest BCUT2D eigenvalue weighted by Crippen LogP contribution is 2.28. The molecule has 0 aliphatic carbocycles. The zero-order valence-electron chi connectivity index (χ0n) is 15.4. The minimum Gasteiger partial charge on any atom is -0.493 e. The van der Waals surface area contributed by atoms with Crippen LogP contribution in [0.2, 0.25) is 0 Å². The first-order chi connectivity index (χ1) is 12.0. The molecule has 6 nitrogen and oxygen atoms in total. The average molecular weight is 348 g/mol. The highest BCUT2D eigenvalue weighted by molar-refractivity contribution is 5.94. The van der Waals surface area contributed by atoms with Crippen molar-refractivity contribution in [3.05, 3.63) is 29.8 Å². The molecule has 25 heavy (non-hydrogen) atoms. The SMILES string of the molecule is CCCCOc1ccc(/C=C/C(=O)NCC(=O)NC(C)C)cc1OC. The van der Waals surface area contributed by atoms with Crippen LogP contribution in [0, 0.1) is 0 Å². The summed E-state index contributed by atoms with van der Waals surface area (Å²) in [5.74, 6) is 0.756. The third-order valence-electron chi connectivity index (χ3n) is 3.24. The largest absolute Gasteiger partial charge is 0.493 e. The van der Waals surface area contributed by atoms with Crippen LogP contribution in [-0.2, 0) is 9.59 Å². The van der Waals surface area contributed by atoms with Gasteiger partial charge in [-0.3, -0.25) is 9.59 Å². The number of carbonyl (C=O) groups is 2. The standard InChI is InChI=1S/C19H28N2O4/c1-5-6-11-25-16-9-7-15(12-17(16)24-4)8-10-18(22)20-13-19(23)21-14(2)3/h7-10,12,14H,5-6,11,13H2,1-4H3,(H,20,22)(H,21,23)/b10-8+. The van der Waals surface area contributed by atoms with E-state index in [2.05, 4.69) is 17.6 Å². The molecule has 1 rings (SSSR count). The molecule has 0 aromatic heterocycles. The highest BCUT2D eigenvalue weighted by atomic mass is 16.5. The molecule has 0 heterocycles. The van der Waals surface area contributed by atoms with Gasteiger partial charge in [0.05, 0.1) is 20.3 Å². The van der Waals surface area contributed by atoms with Crippen LogP contribution in [-0.4, -0.2) is 38.1 Å². The molecule has 138 valence electrons. The molecule has 0 aliphatic heterocycles. The van der Waals surface area contributed by atoms with E-state index in [0.29, 0.717) is 18.1 Å². The summed E-state index contributed by atoms with van der Waals surface area (Å²) in [4.78, 5) is 23.2. The van der Waals surface area contributed by atoms with Crippen molar-refractivity contribution >= 4 is 17.9 Å². The molecular weight excluding hydrogens is 320 g/mol. The van der Waals surface area contributed by atoms with Gasteiger partial charge in [-0.1, -0.05) is 19.4 Å². The zero-order chi connectivity index (χ0) is 18.7. The van der Waals surface area contributed by atoms with Gasteiger partial charge in [-0.05, 0) is 44.0 Å². The van der Waals surface area contributed by atoms with Crippen LogP contribution in [0.5, 0.6) is 11.5 Å². The van der Waals surface area contributed by atoms with Crippen molar-refractivity contribution in [1.29, 1.82) is 0 Å². The smallest absolute Gasteiger partial charge is 0.244 e.